The molecule has 0 fully saturated rings. The van der Waals surface area contributed by atoms with Gasteiger partial charge in [0.05, 0.1) is 12.1 Å². The van der Waals surface area contributed by atoms with Gasteiger partial charge in [-0.2, -0.15) is 0 Å². The SMILES string of the molecule is Cc1ccc(C(C)NC(=O)C(N)C(C)C)cc1F.Cl. The van der Waals surface area contributed by atoms with E-state index in [1.54, 1.807) is 13.0 Å². The van der Waals surface area contributed by atoms with Crippen LogP contribution in [0.5, 0.6) is 0 Å². The Morgan fingerprint density at radius 2 is 1.89 bits per heavy atom. The lowest BCUT2D eigenvalue weighted by Crippen LogP contribution is -2.44. The second kappa shape index (κ2) is 7.46. The van der Waals surface area contributed by atoms with Crippen LogP contribution in [0.15, 0.2) is 18.2 Å². The van der Waals surface area contributed by atoms with E-state index in [1.807, 2.05) is 26.8 Å². The van der Waals surface area contributed by atoms with E-state index in [0.29, 0.717) is 5.56 Å². The van der Waals surface area contributed by atoms with Crippen LogP contribution in [-0.4, -0.2) is 11.9 Å². The maximum absolute atomic E-state index is 13.4. The molecule has 3 nitrogen and oxygen atoms in total. The smallest absolute Gasteiger partial charge is 0.237 e. The number of amides is 1. The molecule has 0 saturated carbocycles. The fourth-order valence-electron chi connectivity index (χ4n) is 1.57. The Bertz CT molecular complexity index is 437. The van der Waals surface area contributed by atoms with Crippen molar-refractivity contribution in [2.24, 2.45) is 11.7 Å². The largest absolute Gasteiger partial charge is 0.348 e. The molecule has 0 aliphatic heterocycles. The predicted molar refractivity (Wildman–Crippen MR) is 77.8 cm³/mol. The van der Waals surface area contributed by atoms with Crippen molar-refractivity contribution in [3.63, 3.8) is 0 Å². The van der Waals surface area contributed by atoms with Crippen LogP contribution in [0.1, 0.15) is 37.9 Å². The first kappa shape index (κ1) is 17.9. The van der Waals surface area contributed by atoms with Crippen molar-refractivity contribution in [2.45, 2.75) is 39.8 Å². The van der Waals surface area contributed by atoms with Gasteiger partial charge in [0.2, 0.25) is 5.91 Å². The highest BCUT2D eigenvalue weighted by molar-refractivity contribution is 5.85. The number of hydrogen-bond donors (Lipinski definition) is 2. The maximum atomic E-state index is 13.4. The Balaban J connectivity index is 0.00000324. The molecule has 108 valence electrons. The summed E-state index contributed by atoms with van der Waals surface area (Å²) in [6, 6.07) is 4.17. The van der Waals surface area contributed by atoms with Gasteiger partial charge in [0, 0.05) is 0 Å². The van der Waals surface area contributed by atoms with Crippen LogP contribution in [0.4, 0.5) is 4.39 Å². The van der Waals surface area contributed by atoms with E-state index in [-0.39, 0.29) is 36.1 Å². The molecule has 0 bridgehead atoms. The van der Waals surface area contributed by atoms with Gasteiger partial charge in [0.25, 0.3) is 0 Å². The van der Waals surface area contributed by atoms with Crippen molar-refractivity contribution in [2.75, 3.05) is 0 Å². The minimum Gasteiger partial charge on any atom is -0.348 e. The first-order chi connectivity index (χ1) is 8.32. The molecule has 1 aromatic carbocycles. The second-order valence-electron chi connectivity index (χ2n) is 5.01. The molecule has 1 amide bonds. The number of rotatable bonds is 4. The van der Waals surface area contributed by atoms with Crippen LogP contribution in [0.2, 0.25) is 0 Å². The van der Waals surface area contributed by atoms with E-state index in [0.717, 1.165) is 5.56 Å². The minimum atomic E-state index is -0.539. The molecule has 0 spiro atoms. The average Bonchev–Trinajstić information content (AvgIpc) is 2.31. The maximum Gasteiger partial charge on any atom is 0.237 e. The van der Waals surface area contributed by atoms with Gasteiger partial charge in [-0.3, -0.25) is 4.79 Å². The molecule has 0 heterocycles. The zero-order valence-electron chi connectivity index (χ0n) is 11.7. The molecule has 0 aromatic heterocycles. The van der Waals surface area contributed by atoms with Gasteiger partial charge in [0.15, 0.2) is 0 Å². The summed E-state index contributed by atoms with van der Waals surface area (Å²) in [5.74, 6) is -0.396. The van der Waals surface area contributed by atoms with Crippen LogP contribution >= 0.6 is 12.4 Å². The van der Waals surface area contributed by atoms with E-state index >= 15 is 0 Å². The molecule has 3 N–H and O–H groups in total. The minimum absolute atomic E-state index is 0. The van der Waals surface area contributed by atoms with Crippen molar-refractivity contribution < 1.29 is 9.18 Å². The van der Waals surface area contributed by atoms with Crippen molar-refractivity contribution in [1.29, 1.82) is 0 Å². The van der Waals surface area contributed by atoms with Gasteiger partial charge >= 0.3 is 0 Å². The number of carbonyl (C=O) groups excluding carboxylic acids is 1. The number of nitrogens with one attached hydrogen (secondary N) is 1. The summed E-state index contributed by atoms with van der Waals surface area (Å²) in [4.78, 5) is 11.8. The quantitative estimate of drug-likeness (QED) is 0.895. The summed E-state index contributed by atoms with van der Waals surface area (Å²) >= 11 is 0. The van der Waals surface area contributed by atoms with Crippen molar-refractivity contribution in [3.8, 4) is 0 Å². The number of aryl methyl sites for hydroxylation is 1. The molecule has 0 radical (unpaired) electrons. The number of halogens is 2. The molecule has 2 unspecified atom stereocenters. The first-order valence-corrected chi connectivity index (χ1v) is 6.15. The molecule has 0 aliphatic rings. The molecule has 19 heavy (non-hydrogen) atoms. The molecular formula is C14H22ClFN2O. The fraction of sp³-hybridized carbons (Fsp3) is 0.500. The summed E-state index contributed by atoms with van der Waals surface area (Å²) in [5, 5.41) is 2.79. The summed E-state index contributed by atoms with van der Waals surface area (Å²) in [6.45, 7) is 7.30. The third kappa shape index (κ3) is 4.80. The van der Waals surface area contributed by atoms with Gasteiger partial charge < -0.3 is 11.1 Å². The van der Waals surface area contributed by atoms with E-state index in [9.17, 15) is 9.18 Å². The Hall–Kier alpha value is -1.13. The predicted octanol–water partition coefficient (Wildman–Crippen LogP) is 2.72. The van der Waals surface area contributed by atoms with E-state index in [1.165, 1.54) is 6.07 Å². The molecule has 1 rings (SSSR count). The van der Waals surface area contributed by atoms with E-state index in [2.05, 4.69) is 5.32 Å². The van der Waals surface area contributed by atoms with Crippen LogP contribution in [0.3, 0.4) is 0 Å². The molecule has 5 heteroatoms. The van der Waals surface area contributed by atoms with E-state index in [4.69, 9.17) is 5.73 Å². The van der Waals surface area contributed by atoms with Gasteiger partial charge in [0.1, 0.15) is 5.82 Å². The monoisotopic (exact) mass is 288 g/mol. The van der Waals surface area contributed by atoms with Gasteiger partial charge in [-0.25, -0.2) is 4.39 Å². The third-order valence-corrected chi connectivity index (χ3v) is 3.08. The lowest BCUT2D eigenvalue weighted by Gasteiger charge is -2.20. The van der Waals surface area contributed by atoms with Crippen molar-refractivity contribution >= 4 is 18.3 Å². The van der Waals surface area contributed by atoms with Gasteiger partial charge in [-0.1, -0.05) is 26.0 Å². The number of hydrogen-bond acceptors (Lipinski definition) is 2. The standard InChI is InChI=1S/C14H21FN2O.ClH/c1-8(2)13(16)14(18)17-10(4)11-6-5-9(3)12(15)7-11;/h5-8,10,13H,16H2,1-4H3,(H,17,18);1H. The molecule has 0 saturated heterocycles. The summed E-state index contributed by atoms with van der Waals surface area (Å²) in [6.07, 6.45) is 0. The second-order valence-corrected chi connectivity index (χ2v) is 5.01. The fourth-order valence-corrected chi connectivity index (χ4v) is 1.57. The Kier molecular flexibility index (Phi) is 7.01. The van der Waals surface area contributed by atoms with Crippen LogP contribution in [-0.2, 0) is 4.79 Å². The third-order valence-electron chi connectivity index (χ3n) is 3.08. The summed E-state index contributed by atoms with van der Waals surface area (Å²) in [7, 11) is 0. The van der Waals surface area contributed by atoms with Crippen LogP contribution < -0.4 is 11.1 Å². The Morgan fingerprint density at radius 3 is 2.37 bits per heavy atom. The number of carbonyl (C=O) groups is 1. The first-order valence-electron chi connectivity index (χ1n) is 6.15. The molecule has 2 atom stereocenters. The van der Waals surface area contributed by atoms with E-state index < -0.39 is 6.04 Å². The molecule has 0 aliphatic carbocycles. The lowest BCUT2D eigenvalue weighted by molar-refractivity contribution is -0.123. The van der Waals surface area contributed by atoms with Crippen LogP contribution in [0.25, 0.3) is 0 Å². The van der Waals surface area contributed by atoms with Gasteiger partial charge in [-0.05, 0) is 37.0 Å². The average molecular weight is 289 g/mol. The normalized spacial score (nSPS) is 13.6. The lowest BCUT2D eigenvalue weighted by atomic mass is 10.0. The van der Waals surface area contributed by atoms with Crippen molar-refractivity contribution in [1.82, 2.24) is 5.32 Å². The molecular weight excluding hydrogens is 267 g/mol. The Labute approximate surface area is 120 Å². The highest BCUT2D eigenvalue weighted by Crippen LogP contribution is 2.16. The number of nitrogens with two attached hydrogens (primary N) is 1. The molecule has 1 aromatic rings. The summed E-state index contributed by atoms with van der Waals surface area (Å²) < 4.78 is 13.4. The highest BCUT2D eigenvalue weighted by Gasteiger charge is 2.19. The highest BCUT2D eigenvalue weighted by atomic mass is 35.5. The van der Waals surface area contributed by atoms with Crippen molar-refractivity contribution in [3.05, 3.63) is 35.1 Å². The summed E-state index contributed by atoms with van der Waals surface area (Å²) in [5.41, 5.74) is 7.09. The zero-order valence-corrected chi connectivity index (χ0v) is 12.6. The van der Waals surface area contributed by atoms with Crippen LogP contribution in [0, 0.1) is 18.7 Å². The topological polar surface area (TPSA) is 55.1 Å². The Morgan fingerprint density at radius 1 is 1.32 bits per heavy atom. The number of benzene rings is 1. The zero-order chi connectivity index (χ0) is 13.9. The van der Waals surface area contributed by atoms with Gasteiger partial charge in [-0.15, -0.1) is 12.4 Å².